The SMILES string of the molecule is CCCCSCC(=O)NCCn1cnc(C(=O)O)c1. The zero-order chi connectivity index (χ0) is 14.1. The van der Waals surface area contributed by atoms with E-state index in [0.29, 0.717) is 18.8 Å². The molecule has 0 bridgehead atoms. The maximum absolute atomic E-state index is 11.5. The molecule has 19 heavy (non-hydrogen) atoms. The Kier molecular flexibility index (Phi) is 7.02. The second-order valence-corrected chi connectivity index (χ2v) is 5.16. The van der Waals surface area contributed by atoms with Crippen LogP contribution in [0.3, 0.4) is 0 Å². The lowest BCUT2D eigenvalue weighted by Gasteiger charge is -2.05. The van der Waals surface area contributed by atoms with Crippen LogP contribution in [-0.4, -0.2) is 44.6 Å². The molecule has 0 radical (unpaired) electrons. The lowest BCUT2D eigenvalue weighted by molar-refractivity contribution is -0.118. The number of amides is 1. The number of rotatable bonds is 9. The molecule has 0 fully saturated rings. The number of hydrogen-bond acceptors (Lipinski definition) is 4. The predicted molar refractivity (Wildman–Crippen MR) is 74.4 cm³/mol. The fourth-order valence-electron chi connectivity index (χ4n) is 1.38. The minimum atomic E-state index is -1.05. The Morgan fingerprint density at radius 1 is 1.53 bits per heavy atom. The van der Waals surface area contributed by atoms with Crippen molar-refractivity contribution < 1.29 is 14.7 Å². The van der Waals surface area contributed by atoms with Gasteiger partial charge >= 0.3 is 5.97 Å². The van der Waals surface area contributed by atoms with Gasteiger partial charge in [-0.3, -0.25) is 4.79 Å². The van der Waals surface area contributed by atoms with Gasteiger partial charge in [0.1, 0.15) is 0 Å². The normalized spacial score (nSPS) is 10.4. The Morgan fingerprint density at radius 3 is 2.95 bits per heavy atom. The van der Waals surface area contributed by atoms with Crippen molar-refractivity contribution in [1.29, 1.82) is 0 Å². The largest absolute Gasteiger partial charge is 0.476 e. The first-order valence-electron chi connectivity index (χ1n) is 6.23. The summed E-state index contributed by atoms with van der Waals surface area (Å²) in [6, 6.07) is 0. The van der Waals surface area contributed by atoms with Gasteiger partial charge in [0, 0.05) is 19.3 Å². The maximum atomic E-state index is 11.5. The molecule has 0 aliphatic rings. The van der Waals surface area contributed by atoms with Crippen LogP contribution in [0.25, 0.3) is 0 Å². The van der Waals surface area contributed by atoms with Gasteiger partial charge in [-0.1, -0.05) is 13.3 Å². The molecule has 0 saturated heterocycles. The van der Waals surface area contributed by atoms with Crippen molar-refractivity contribution in [1.82, 2.24) is 14.9 Å². The van der Waals surface area contributed by atoms with Crippen molar-refractivity contribution in [3.8, 4) is 0 Å². The Bertz CT molecular complexity index is 420. The fraction of sp³-hybridized carbons (Fsp3) is 0.583. The zero-order valence-corrected chi connectivity index (χ0v) is 11.8. The summed E-state index contributed by atoms with van der Waals surface area (Å²) in [5.41, 5.74) is 0.0152. The standard InChI is InChI=1S/C12H19N3O3S/c1-2-3-6-19-8-11(16)13-4-5-15-7-10(12(17)18)14-9-15/h7,9H,2-6,8H2,1H3,(H,13,16)(H,17,18). The summed E-state index contributed by atoms with van der Waals surface area (Å²) in [5.74, 6) is 0.451. The smallest absolute Gasteiger partial charge is 0.356 e. The molecule has 1 rings (SSSR count). The number of carboxylic acid groups (broad SMARTS) is 1. The molecule has 0 aliphatic carbocycles. The van der Waals surface area contributed by atoms with Gasteiger partial charge in [0.2, 0.25) is 5.91 Å². The Hall–Kier alpha value is -1.50. The summed E-state index contributed by atoms with van der Waals surface area (Å²) in [5, 5.41) is 11.5. The molecular formula is C12H19N3O3S. The van der Waals surface area contributed by atoms with Crippen molar-refractivity contribution in [2.45, 2.75) is 26.3 Å². The molecule has 0 atom stereocenters. The number of carbonyl (C=O) groups is 2. The van der Waals surface area contributed by atoms with E-state index in [1.807, 2.05) is 0 Å². The Morgan fingerprint density at radius 2 is 2.32 bits per heavy atom. The van der Waals surface area contributed by atoms with Gasteiger partial charge in [-0.05, 0) is 12.2 Å². The van der Waals surface area contributed by atoms with Gasteiger partial charge in [0.25, 0.3) is 0 Å². The monoisotopic (exact) mass is 285 g/mol. The molecule has 7 heteroatoms. The number of aromatic carboxylic acids is 1. The minimum Gasteiger partial charge on any atom is -0.476 e. The molecule has 1 aromatic rings. The van der Waals surface area contributed by atoms with Crippen molar-refractivity contribution in [2.24, 2.45) is 0 Å². The number of thioether (sulfide) groups is 1. The predicted octanol–water partition coefficient (Wildman–Crippen LogP) is 1.23. The van der Waals surface area contributed by atoms with Crippen LogP contribution in [0.2, 0.25) is 0 Å². The Labute approximate surface area is 116 Å². The summed E-state index contributed by atoms with van der Waals surface area (Å²) in [4.78, 5) is 25.8. The number of carbonyl (C=O) groups excluding carboxylic acids is 1. The van der Waals surface area contributed by atoms with Crippen LogP contribution in [0, 0.1) is 0 Å². The lowest BCUT2D eigenvalue weighted by Crippen LogP contribution is -2.28. The summed E-state index contributed by atoms with van der Waals surface area (Å²) in [7, 11) is 0. The van der Waals surface area contributed by atoms with Crippen LogP contribution >= 0.6 is 11.8 Å². The maximum Gasteiger partial charge on any atom is 0.356 e. The minimum absolute atomic E-state index is 0.0136. The molecule has 2 N–H and O–H groups in total. The molecule has 0 unspecified atom stereocenters. The van der Waals surface area contributed by atoms with Crippen molar-refractivity contribution in [2.75, 3.05) is 18.1 Å². The van der Waals surface area contributed by atoms with Gasteiger partial charge in [-0.2, -0.15) is 11.8 Å². The van der Waals surface area contributed by atoms with E-state index in [1.54, 1.807) is 16.3 Å². The number of unbranched alkanes of at least 4 members (excludes halogenated alkanes) is 1. The summed E-state index contributed by atoms with van der Waals surface area (Å²) in [6.07, 6.45) is 5.17. The van der Waals surface area contributed by atoms with E-state index >= 15 is 0 Å². The molecule has 6 nitrogen and oxygen atoms in total. The summed E-state index contributed by atoms with van der Waals surface area (Å²) in [6.45, 7) is 3.12. The molecular weight excluding hydrogens is 266 g/mol. The van der Waals surface area contributed by atoms with Gasteiger partial charge in [-0.25, -0.2) is 9.78 Å². The van der Waals surface area contributed by atoms with Crippen LogP contribution < -0.4 is 5.32 Å². The summed E-state index contributed by atoms with van der Waals surface area (Å²) < 4.78 is 1.65. The highest BCUT2D eigenvalue weighted by molar-refractivity contribution is 7.99. The van der Waals surface area contributed by atoms with Gasteiger partial charge in [0.15, 0.2) is 5.69 Å². The first-order valence-corrected chi connectivity index (χ1v) is 7.38. The Balaban J connectivity index is 2.15. The average molecular weight is 285 g/mol. The topological polar surface area (TPSA) is 84.2 Å². The van der Waals surface area contributed by atoms with Crippen LogP contribution in [-0.2, 0) is 11.3 Å². The molecule has 1 amide bonds. The van der Waals surface area contributed by atoms with Crippen molar-refractivity contribution >= 4 is 23.6 Å². The number of nitrogens with one attached hydrogen (secondary N) is 1. The van der Waals surface area contributed by atoms with E-state index in [9.17, 15) is 9.59 Å². The first kappa shape index (κ1) is 15.6. The van der Waals surface area contributed by atoms with Crippen molar-refractivity contribution in [3.05, 3.63) is 18.2 Å². The van der Waals surface area contributed by atoms with Gasteiger partial charge in [-0.15, -0.1) is 0 Å². The van der Waals surface area contributed by atoms with Crippen molar-refractivity contribution in [3.63, 3.8) is 0 Å². The number of aromatic nitrogens is 2. The third kappa shape index (κ3) is 6.28. The van der Waals surface area contributed by atoms with E-state index in [2.05, 4.69) is 17.2 Å². The van der Waals surface area contributed by atoms with E-state index in [0.717, 1.165) is 18.6 Å². The van der Waals surface area contributed by atoms with E-state index in [4.69, 9.17) is 5.11 Å². The quantitative estimate of drug-likeness (QED) is 0.667. The van der Waals surface area contributed by atoms with E-state index in [-0.39, 0.29) is 11.6 Å². The third-order valence-corrected chi connectivity index (χ3v) is 3.46. The third-order valence-electron chi connectivity index (χ3n) is 2.42. The van der Waals surface area contributed by atoms with Crippen LogP contribution in [0.4, 0.5) is 0 Å². The highest BCUT2D eigenvalue weighted by Crippen LogP contribution is 2.03. The van der Waals surface area contributed by atoms with Gasteiger partial charge < -0.3 is 15.0 Å². The molecule has 0 spiro atoms. The van der Waals surface area contributed by atoms with Crippen LogP contribution in [0.15, 0.2) is 12.5 Å². The zero-order valence-electron chi connectivity index (χ0n) is 11.0. The van der Waals surface area contributed by atoms with E-state index in [1.165, 1.54) is 12.5 Å². The van der Waals surface area contributed by atoms with Crippen LogP contribution in [0.1, 0.15) is 30.3 Å². The number of hydrogen-bond donors (Lipinski definition) is 2. The molecule has 0 saturated carbocycles. The fourth-order valence-corrected chi connectivity index (χ4v) is 2.30. The molecule has 1 heterocycles. The van der Waals surface area contributed by atoms with E-state index < -0.39 is 5.97 Å². The molecule has 106 valence electrons. The highest BCUT2D eigenvalue weighted by Gasteiger charge is 2.06. The second kappa shape index (κ2) is 8.58. The summed E-state index contributed by atoms with van der Waals surface area (Å²) >= 11 is 1.63. The molecule has 1 aromatic heterocycles. The van der Waals surface area contributed by atoms with Gasteiger partial charge in [0.05, 0.1) is 12.1 Å². The molecule has 0 aromatic carbocycles. The lowest BCUT2D eigenvalue weighted by atomic mass is 10.4. The average Bonchev–Trinajstić information content (AvgIpc) is 2.84. The number of imidazole rings is 1. The number of nitrogens with zero attached hydrogens (tertiary/aromatic N) is 2. The first-order chi connectivity index (χ1) is 9.13. The van der Waals surface area contributed by atoms with Crippen LogP contribution in [0.5, 0.6) is 0 Å². The highest BCUT2D eigenvalue weighted by atomic mass is 32.2. The molecule has 0 aliphatic heterocycles. The second-order valence-electron chi connectivity index (χ2n) is 4.06. The number of carboxylic acids is 1.